The largest absolute Gasteiger partial charge is 0.357 e. The Morgan fingerprint density at radius 3 is 2.67 bits per heavy atom. The van der Waals surface area contributed by atoms with Crippen LogP contribution in [-0.2, 0) is 4.79 Å². The number of halogens is 1. The molecular weight excluding hydrogens is 415 g/mol. The number of carbonyl (C=O) groups excluding carboxylic acids is 1. The summed E-state index contributed by atoms with van der Waals surface area (Å²) in [5.41, 5.74) is 0.406. The maximum absolute atomic E-state index is 11.6. The van der Waals surface area contributed by atoms with Gasteiger partial charge in [0.05, 0.1) is 6.54 Å². The number of rotatable bonds is 7. The molecule has 1 atom stereocenters. The van der Waals surface area contributed by atoms with E-state index in [2.05, 4.69) is 36.3 Å². The van der Waals surface area contributed by atoms with Crippen LogP contribution in [0.25, 0.3) is 0 Å². The number of amides is 1. The molecule has 1 saturated heterocycles. The molecule has 140 valence electrons. The highest BCUT2D eigenvalue weighted by Crippen LogP contribution is 2.33. The Labute approximate surface area is 164 Å². The monoisotopic (exact) mass is 450 g/mol. The van der Waals surface area contributed by atoms with Crippen LogP contribution in [-0.4, -0.2) is 49.5 Å². The summed E-state index contributed by atoms with van der Waals surface area (Å²) in [5, 5.41) is 6.41. The van der Waals surface area contributed by atoms with Gasteiger partial charge in [-0.15, -0.1) is 24.0 Å². The molecule has 0 radical (unpaired) electrons. The van der Waals surface area contributed by atoms with Crippen molar-refractivity contribution in [2.45, 2.75) is 59.3 Å². The van der Waals surface area contributed by atoms with Crippen LogP contribution in [0.4, 0.5) is 0 Å². The van der Waals surface area contributed by atoms with Gasteiger partial charge in [-0.05, 0) is 44.4 Å². The third-order valence-corrected chi connectivity index (χ3v) is 4.89. The standard InChI is InChI=1S/C18H34N4O.HI/c1-4-9-18(3)10-6-13-22(14-18)17(19-5-2)21-12-11-20-16(23)15-7-8-15;/h15H,4-14H2,1-3H3,(H,19,21)(H,20,23);1H. The van der Waals surface area contributed by atoms with Crippen LogP contribution in [0.3, 0.4) is 0 Å². The van der Waals surface area contributed by atoms with E-state index in [-0.39, 0.29) is 35.8 Å². The lowest BCUT2D eigenvalue weighted by Crippen LogP contribution is -2.50. The summed E-state index contributed by atoms with van der Waals surface area (Å²) in [5.74, 6) is 1.50. The van der Waals surface area contributed by atoms with Gasteiger partial charge in [-0.1, -0.05) is 20.3 Å². The molecule has 1 saturated carbocycles. The lowest BCUT2D eigenvalue weighted by Gasteiger charge is -2.42. The molecule has 0 aromatic rings. The number of hydrogen-bond donors (Lipinski definition) is 2. The Hall–Kier alpha value is -0.530. The third kappa shape index (κ3) is 6.76. The molecule has 6 heteroatoms. The smallest absolute Gasteiger partial charge is 0.223 e. The molecule has 2 N–H and O–H groups in total. The molecule has 2 aliphatic rings. The van der Waals surface area contributed by atoms with E-state index in [0.29, 0.717) is 18.5 Å². The normalized spacial score (nSPS) is 24.3. The highest BCUT2D eigenvalue weighted by molar-refractivity contribution is 14.0. The van der Waals surface area contributed by atoms with Gasteiger partial charge in [0.1, 0.15) is 0 Å². The predicted molar refractivity (Wildman–Crippen MR) is 111 cm³/mol. The number of carbonyl (C=O) groups is 1. The summed E-state index contributed by atoms with van der Waals surface area (Å²) < 4.78 is 0. The molecule has 0 spiro atoms. The van der Waals surface area contributed by atoms with E-state index >= 15 is 0 Å². The van der Waals surface area contributed by atoms with Gasteiger partial charge in [0.2, 0.25) is 5.91 Å². The lowest BCUT2D eigenvalue weighted by molar-refractivity contribution is -0.122. The fourth-order valence-corrected chi connectivity index (χ4v) is 3.56. The average molecular weight is 450 g/mol. The first-order valence-electron chi connectivity index (χ1n) is 9.39. The number of guanidine groups is 1. The molecule has 0 aromatic heterocycles. The van der Waals surface area contributed by atoms with Crippen LogP contribution < -0.4 is 10.6 Å². The van der Waals surface area contributed by atoms with E-state index in [1.807, 2.05) is 0 Å². The summed E-state index contributed by atoms with van der Waals surface area (Å²) in [4.78, 5) is 18.8. The maximum atomic E-state index is 11.6. The minimum absolute atomic E-state index is 0. The van der Waals surface area contributed by atoms with Gasteiger partial charge in [0.15, 0.2) is 5.96 Å². The Morgan fingerprint density at radius 1 is 1.29 bits per heavy atom. The van der Waals surface area contributed by atoms with Gasteiger partial charge in [-0.3, -0.25) is 9.79 Å². The molecule has 1 unspecified atom stereocenters. The first kappa shape index (κ1) is 21.5. The van der Waals surface area contributed by atoms with Crippen molar-refractivity contribution in [3.63, 3.8) is 0 Å². The third-order valence-electron chi connectivity index (χ3n) is 4.89. The Morgan fingerprint density at radius 2 is 2.04 bits per heavy atom. The van der Waals surface area contributed by atoms with Gasteiger partial charge in [-0.25, -0.2) is 0 Å². The second-order valence-corrected chi connectivity index (χ2v) is 7.39. The number of piperidine rings is 1. The van der Waals surface area contributed by atoms with Crippen LogP contribution in [0, 0.1) is 11.3 Å². The van der Waals surface area contributed by atoms with E-state index < -0.39 is 0 Å². The minimum atomic E-state index is 0. The van der Waals surface area contributed by atoms with E-state index in [0.717, 1.165) is 38.4 Å². The molecular formula is C18H35IN4O. The van der Waals surface area contributed by atoms with Crippen LogP contribution in [0.2, 0.25) is 0 Å². The van der Waals surface area contributed by atoms with Gasteiger partial charge in [0.25, 0.3) is 0 Å². The zero-order chi connectivity index (χ0) is 16.7. The maximum Gasteiger partial charge on any atom is 0.223 e. The fraction of sp³-hybridized carbons (Fsp3) is 0.889. The van der Waals surface area contributed by atoms with Crippen molar-refractivity contribution in [1.29, 1.82) is 0 Å². The van der Waals surface area contributed by atoms with Crippen molar-refractivity contribution >= 4 is 35.8 Å². The van der Waals surface area contributed by atoms with E-state index in [1.54, 1.807) is 0 Å². The minimum Gasteiger partial charge on any atom is -0.357 e. The second-order valence-electron chi connectivity index (χ2n) is 7.39. The van der Waals surface area contributed by atoms with Crippen molar-refractivity contribution in [2.24, 2.45) is 16.3 Å². The van der Waals surface area contributed by atoms with Crippen LogP contribution in [0.1, 0.15) is 59.3 Å². The Kier molecular flexibility index (Phi) is 9.37. The van der Waals surface area contributed by atoms with Crippen molar-refractivity contribution in [2.75, 3.05) is 32.7 Å². The highest BCUT2D eigenvalue weighted by Gasteiger charge is 2.31. The van der Waals surface area contributed by atoms with Crippen molar-refractivity contribution < 1.29 is 4.79 Å². The molecule has 1 heterocycles. The molecule has 0 bridgehead atoms. The van der Waals surface area contributed by atoms with Crippen LogP contribution in [0.5, 0.6) is 0 Å². The highest BCUT2D eigenvalue weighted by atomic mass is 127. The summed E-state index contributed by atoms with van der Waals surface area (Å²) in [6.07, 6.45) is 7.18. The SMILES string of the molecule is CCCC1(C)CCCN(C(=NCCNC(=O)C2CC2)NCC)C1.I. The molecule has 1 amide bonds. The molecule has 2 rings (SSSR count). The van der Waals surface area contributed by atoms with Gasteiger partial charge in [-0.2, -0.15) is 0 Å². The topological polar surface area (TPSA) is 56.7 Å². The fourth-order valence-electron chi connectivity index (χ4n) is 3.56. The summed E-state index contributed by atoms with van der Waals surface area (Å²) >= 11 is 0. The van der Waals surface area contributed by atoms with Crippen molar-refractivity contribution in [3.8, 4) is 0 Å². The molecule has 2 fully saturated rings. The number of nitrogens with zero attached hydrogens (tertiary/aromatic N) is 2. The zero-order valence-electron chi connectivity index (χ0n) is 15.6. The summed E-state index contributed by atoms with van der Waals surface area (Å²) in [6.45, 7) is 11.1. The van der Waals surface area contributed by atoms with E-state index in [4.69, 9.17) is 4.99 Å². The lowest BCUT2D eigenvalue weighted by atomic mass is 9.78. The first-order chi connectivity index (χ1) is 11.1. The van der Waals surface area contributed by atoms with Crippen LogP contribution >= 0.6 is 24.0 Å². The number of hydrogen-bond acceptors (Lipinski definition) is 2. The second kappa shape index (κ2) is 10.5. The predicted octanol–water partition coefficient (Wildman–Crippen LogP) is 3.00. The Bertz CT molecular complexity index is 421. The number of nitrogens with one attached hydrogen (secondary N) is 2. The van der Waals surface area contributed by atoms with E-state index in [1.165, 1.54) is 25.7 Å². The number of likely N-dealkylation sites (tertiary alicyclic amines) is 1. The molecule has 1 aliphatic carbocycles. The average Bonchev–Trinajstić information content (AvgIpc) is 3.35. The molecule has 24 heavy (non-hydrogen) atoms. The summed E-state index contributed by atoms with van der Waals surface area (Å²) in [7, 11) is 0. The van der Waals surface area contributed by atoms with Crippen molar-refractivity contribution in [1.82, 2.24) is 15.5 Å². The zero-order valence-corrected chi connectivity index (χ0v) is 17.9. The quantitative estimate of drug-likeness (QED) is 0.272. The molecule has 0 aromatic carbocycles. The van der Waals surface area contributed by atoms with Crippen LogP contribution in [0.15, 0.2) is 4.99 Å². The molecule has 5 nitrogen and oxygen atoms in total. The van der Waals surface area contributed by atoms with Gasteiger partial charge >= 0.3 is 0 Å². The summed E-state index contributed by atoms with van der Waals surface area (Å²) in [6, 6.07) is 0. The van der Waals surface area contributed by atoms with Crippen molar-refractivity contribution in [3.05, 3.63) is 0 Å². The first-order valence-corrected chi connectivity index (χ1v) is 9.39. The van der Waals surface area contributed by atoms with Gasteiger partial charge in [0, 0.05) is 32.1 Å². The Balaban J connectivity index is 0.00000288. The molecule has 1 aliphatic heterocycles. The van der Waals surface area contributed by atoms with Gasteiger partial charge < -0.3 is 15.5 Å². The number of aliphatic imine (C=N–C) groups is 1. The van der Waals surface area contributed by atoms with E-state index in [9.17, 15) is 4.79 Å².